The first kappa shape index (κ1) is 25.6. The van der Waals surface area contributed by atoms with Crippen LogP contribution in [0, 0.1) is 5.92 Å². The molecule has 168 valence electrons. The van der Waals surface area contributed by atoms with Gasteiger partial charge in [0.2, 0.25) is 5.91 Å². The molecule has 1 fully saturated rings. The zero-order valence-corrected chi connectivity index (χ0v) is 19.2. The number of methoxy groups -OCH3 is 1. The van der Waals surface area contributed by atoms with Crippen molar-refractivity contribution in [3.05, 3.63) is 18.0 Å². The normalized spacial score (nSPS) is 14.7. The number of amides is 1. The fourth-order valence-corrected chi connectivity index (χ4v) is 3.63. The van der Waals surface area contributed by atoms with E-state index >= 15 is 0 Å². The number of H-pyrrole nitrogens is 1. The van der Waals surface area contributed by atoms with Crippen LogP contribution in [-0.4, -0.2) is 79.4 Å². The minimum Gasteiger partial charge on any atom is -0.384 e. The number of ether oxygens (including phenoxy) is 1. The molecule has 0 atom stereocenters. The van der Waals surface area contributed by atoms with Crippen molar-refractivity contribution in [1.29, 1.82) is 0 Å². The van der Waals surface area contributed by atoms with E-state index in [9.17, 15) is 4.79 Å². The third kappa shape index (κ3) is 11.4. The number of nitrogens with zero attached hydrogens (tertiary/aromatic N) is 3. The molecule has 7 heteroatoms. The number of nitrogens with one attached hydrogen (secondary N) is 2. The first-order valence-corrected chi connectivity index (χ1v) is 11.1. The van der Waals surface area contributed by atoms with Crippen molar-refractivity contribution in [1.82, 2.24) is 25.3 Å². The van der Waals surface area contributed by atoms with E-state index in [4.69, 9.17) is 4.74 Å². The molecule has 0 spiro atoms. The van der Waals surface area contributed by atoms with Gasteiger partial charge in [-0.05, 0) is 32.9 Å². The summed E-state index contributed by atoms with van der Waals surface area (Å²) in [4.78, 5) is 16.5. The Labute approximate surface area is 177 Å². The molecule has 0 unspecified atom stereocenters. The lowest BCUT2D eigenvalue weighted by Gasteiger charge is -2.35. The summed E-state index contributed by atoms with van der Waals surface area (Å²) in [5.41, 5.74) is 1.23. The molecule has 1 heterocycles. The van der Waals surface area contributed by atoms with E-state index in [2.05, 4.69) is 46.2 Å². The van der Waals surface area contributed by atoms with Gasteiger partial charge in [-0.15, -0.1) is 0 Å². The molecular formula is C22H43N5O2. The molecular weight excluding hydrogens is 366 g/mol. The van der Waals surface area contributed by atoms with Crippen LogP contribution >= 0.6 is 0 Å². The molecule has 0 aromatic carbocycles. The molecule has 1 aliphatic carbocycles. The lowest BCUT2D eigenvalue weighted by molar-refractivity contribution is -0.135. The molecule has 0 radical (unpaired) electrons. The molecule has 7 nitrogen and oxygen atoms in total. The maximum Gasteiger partial charge on any atom is 0.225 e. The predicted molar refractivity (Wildman–Crippen MR) is 119 cm³/mol. The molecule has 1 aromatic heterocycles. The van der Waals surface area contributed by atoms with Crippen molar-refractivity contribution in [3.63, 3.8) is 0 Å². The third-order valence-electron chi connectivity index (χ3n) is 5.17. The molecule has 29 heavy (non-hydrogen) atoms. The van der Waals surface area contributed by atoms with Gasteiger partial charge in [0, 0.05) is 51.1 Å². The summed E-state index contributed by atoms with van der Waals surface area (Å²) < 4.78 is 5.01. The van der Waals surface area contributed by atoms with Crippen LogP contribution in [0.15, 0.2) is 12.4 Å². The highest BCUT2D eigenvalue weighted by Gasteiger charge is 2.25. The number of carbonyl (C=O) groups excluding carboxylic acids is 1. The minimum atomic E-state index is 0.271. The Hall–Kier alpha value is -1.44. The molecule has 1 amide bonds. The molecule has 1 aromatic rings. The van der Waals surface area contributed by atoms with Crippen molar-refractivity contribution < 1.29 is 9.53 Å². The molecule has 0 bridgehead atoms. The summed E-state index contributed by atoms with van der Waals surface area (Å²) in [7, 11) is 5.72. The highest BCUT2D eigenvalue weighted by Crippen LogP contribution is 2.24. The quantitative estimate of drug-likeness (QED) is 0.588. The summed E-state index contributed by atoms with van der Waals surface area (Å²) in [6.07, 6.45) is 10.6. The molecule has 0 saturated heterocycles. The second-order valence-electron chi connectivity index (χ2n) is 8.42. The number of carbonyl (C=O) groups is 1. The summed E-state index contributed by atoms with van der Waals surface area (Å²) in [5.74, 6) is 0.816. The zero-order valence-electron chi connectivity index (χ0n) is 19.2. The smallest absolute Gasteiger partial charge is 0.225 e. The van der Waals surface area contributed by atoms with E-state index in [1.807, 2.05) is 19.4 Å². The maximum atomic E-state index is 12.2. The number of likely N-dealkylation sites (N-methyl/N-ethyl adjacent to an activating group) is 2. The highest BCUT2D eigenvalue weighted by molar-refractivity contribution is 5.76. The van der Waals surface area contributed by atoms with Gasteiger partial charge in [0.05, 0.1) is 19.2 Å². The number of hydrogen-bond donors (Lipinski definition) is 2. The average molecular weight is 410 g/mol. The Bertz CT molecular complexity index is 515. The summed E-state index contributed by atoms with van der Waals surface area (Å²) in [6.45, 7) is 8.83. The molecule has 2 rings (SSSR count). The lowest BCUT2D eigenvalue weighted by Crippen LogP contribution is -2.43. The first-order chi connectivity index (χ1) is 14.0. The van der Waals surface area contributed by atoms with Crippen LogP contribution in [0.25, 0.3) is 0 Å². The van der Waals surface area contributed by atoms with Crippen LogP contribution in [0.1, 0.15) is 57.9 Å². The Balaban J connectivity index is 0.000000308. The van der Waals surface area contributed by atoms with Crippen LogP contribution in [0.3, 0.4) is 0 Å². The van der Waals surface area contributed by atoms with Crippen LogP contribution in [-0.2, 0) is 16.1 Å². The van der Waals surface area contributed by atoms with Gasteiger partial charge in [-0.1, -0.05) is 33.1 Å². The maximum absolute atomic E-state index is 12.2. The number of hydrogen-bond acceptors (Lipinski definition) is 5. The van der Waals surface area contributed by atoms with Crippen LogP contribution in [0.2, 0.25) is 0 Å². The van der Waals surface area contributed by atoms with Gasteiger partial charge in [0.25, 0.3) is 0 Å². The Morgan fingerprint density at radius 2 is 2.07 bits per heavy atom. The van der Waals surface area contributed by atoms with E-state index < -0.39 is 0 Å². The summed E-state index contributed by atoms with van der Waals surface area (Å²) in [5, 5.41) is 9.80. The van der Waals surface area contributed by atoms with Crippen LogP contribution in [0.4, 0.5) is 0 Å². The molecule has 0 aliphatic heterocycles. The van der Waals surface area contributed by atoms with Crippen molar-refractivity contribution in [2.45, 2.75) is 65.0 Å². The zero-order chi connectivity index (χ0) is 21.5. The number of aromatic amines is 1. The Morgan fingerprint density at radius 1 is 1.34 bits per heavy atom. The van der Waals surface area contributed by atoms with Gasteiger partial charge in [-0.25, -0.2) is 0 Å². The lowest BCUT2D eigenvalue weighted by atomic mass is 9.93. The van der Waals surface area contributed by atoms with E-state index in [-0.39, 0.29) is 5.91 Å². The van der Waals surface area contributed by atoms with E-state index in [0.717, 1.165) is 26.2 Å². The average Bonchev–Trinajstić information content (AvgIpc) is 3.22. The van der Waals surface area contributed by atoms with Gasteiger partial charge >= 0.3 is 0 Å². The molecule has 1 saturated carbocycles. The number of rotatable bonds is 11. The summed E-state index contributed by atoms with van der Waals surface area (Å²) in [6, 6.07) is 0.482. The second-order valence-corrected chi connectivity index (χ2v) is 8.42. The van der Waals surface area contributed by atoms with Crippen molar-refractivity contribution in [2.24, 2.45) is 5.92 Å². The SMILES string of the molecule is CNCCN(C)Cc1cn[nH]c1.COCCC(=O)N(CC(C)C)C1CCCCC1. The largest absolute Gasteiger partial charge is 0.384 e. The number of aromatic nitrogens is 2. The van der Waals surface area contributed by atoms with Crippen LogP contribution < -0.4 is 5.32 Å². The second kappa shape index (κ2) is 15.4. The van der Waals surface area contributed by atoms with E-state index in [0.29, 0.717) is 25.0 Å². The standard InChI is InChI=1S/C14H27NO2.C8H16N4/c1-12(2)11-15(14(16)9-10-17-3)13-7-5-4-6-8-13;1-9-3-4-12(2)7-8-5-10-11-6-8/h12-13H,4-11H2,1-3H3;5-6,9H,3-4,7H2,1-2H3,(H,10,11). The van der Waals surface area contributed by atoms with Gasteiger partial charge < -0.3 is 19.9 Å². The van der Waals surface area contributed by atoms with Gasteiger partial charge in [0.1, 0.15) is 0 Å². The Morgan fingerprint density at radius 3 is 2.62 bits per heavy atom. The first-order valence-electron chi connectivity index (χ1n) is 11.1. The van der Waals surface area contributed by atoms with E-state index in [1.165, 1.54) is 37.7 Å². The fourth-order valence-electron chi connectivity index (χ4n) is 3.63. The fraction of sp³-hybridized carbons (Fsp3) is 0.818. The van der Waals surface area contributed by atoms with Crippen LogP contribution in [0.5, 0.6) is 0 Å². The summed E-state index contributed by atoms with van der Waals surface area (Å²) >= 11 is 0. The van der Waals surface area contributed by atoms with Gasteiger partial charge in [-0.3, -0.25) is 9.89 Å². The molecule has 1 aliphatic rings. The van der Waals surface area contributed by atoms with E-state index in [1.54, 1.807) is 7.11 Å². The Kier molecular flexibility index (Phi) is 13.6. The topological polar surface area (TPSA) is 73.5 Å². The molecule has 2 N–H and O–H groups in total. The van der Waals surface area contributed by atoms with Gasteiger partial charge in [-0.2, -0.15) is 5.10 Å². The third-order valence-corrected chi connectivity index (χ3v) is 5.17. The highest BCUT2D eigenvalue weighted by atomic mass is 16.5. The van der Waals surface area contributed by atoms with Crippen molar-refractivity contribution in [2.75, 3.05) is 47.4 Å². The van der Waals surface area contributed by atoms with Crippen molar-refractivity contribution in [3.8, 4) is 0 Å². The van der Waals surface area contributed by atoms with Gasteiger partial charge in [0.15, 0.2) is 0 Å². The van der Waals surface area contributed by atoms with Crippen molar-refractivity contribution >= 4 is 5.91 Å². The monoisotopic (exact) mass is 409 g/mol. The minimum absolute atomic E-state index is 0.271. The predicted octanol–water partition coefficient (Wildman–Crippen LogP) is 2.90.